The Labute approximate surface area is 148 Å². The van der Waals surface area contributed by atoms with E-state index in [4.69, 9.17) is 0 Å². The van der Waals surface area contributed by atoms with E-state index in [1.807, 2.05) is 4.90 Å². The van der Waals surface area contributed by atoms with E-state index in [-0.39, 0.29) is 18.0 Å². The van der Waals surface area contributed by atoms with E-state index in [1.54, 1.807) is 11.1 Å². The van der Waals surface area contributed by atoms with Crippen LogP contribution in [0, 0.1) is 10.8 Å². The summed E-state index contributed by atoms with van der Waals surface area (Å²) in [6.45, 7) is 4.90. The minimum absolute atomic E-state index is 0.0979. The van der Waals surface area contributed by atoms with Gasteiger partial charge in [-0.25, -0.2) is 0 Å². The average molecular weight is 369 g/mol. The molecule has 1 aromatic carbocycles. The number of carbonyl (C=O) groups is 1. The van der Waals surface area contributed by atoms with Crippen LogP contribution in [0.4, 0.5) is 18.9 Å². The van der Waals surface area contributed by atoms with E-state index in [2.05, 4.69) is 11.9 Å². The summed E-state index contributed by atoms with van der Waals surface area (Å²) >= 11 is 0. The molecule has 1 amide bonds. The third-order valence-electron chi connectivity index (χ3n) is 4.72. The number of nitrogens with zero attached hydrogens (tertiary/aromatic N) is 3. The highest BCUT2D eigenvalue weighted by Crippen LogP contribution is 2.35. The molecule has 1 aromatic rings. The van der Waals surface area contributed by atoms with Crippen LogP contribution in [0.1, 0.15) is 12.0 Å². The SMILES string of the molecule is C=CC(=O)NCC1CN(c2cccc(C(F)(F)F)c2)C2CC[N+](=O)N2C1. The summed E-state index contributed by atoms with van der Waals surface area (Å²) in [5.41, 5.74) is -0.300. The fourth-order valence-corrected chi connectivity index (χ4v) is 3.49. The molecule has 9 heteroatoms. The molecule has 2 atom stereocenters. The van der Waals surface area contributed by atoms with Gasteiger partial charge in [-0.3, -0.25) is 4.79 Å². The minimum Gasteiger partial charge on any atom is -0.352 e. The lowest BCUT2D eigenvalue weighted by Gasteiger charge is -2.40. The fourth-order valence-electron chi connectivity index (χ4n) is 3.49. The molecule has 0 spiro atoms. The molecule has 0 saturated carbocycles. The van der Waals surface area contributed by atoms with Crippen LogP contribution in [0.15, 0.2) is 36.9 Å². The van der Waals surface area contributed by atoms with Crippen molar-refractivity contribution in [2.45, 2.75) is 18.8 Å². The Morgan fingerprint density at radius 1 is 1.38 bits per heavy atom. The molecule has 2 saturated heterocycles. The molecule has 2 heterocycles. The van der Waals surface area contributed by atoms with Crippen LogP contribution in [0.2, 0.25) is 0 Å². The summed E-state index contributed by atoms with van der Waals surface area (Å²) < 4.78 is 39.1. The van der Waals surface area contributed by atoms with Gasteiger partial charge >= 0.3 is 6.18 Å². The Hall–Kier alpha value is -2.58. The highest BCUT2D eigenvalue weighted by atomic mass is 19.4. The van der Waals surface area contributed by atoms with Crippen molar-refractivity contribution in [3.8, 4) is 0 Å². The number of hydrogen-bond donors (Lipinski definition) is 1. The normalized spacial score (nSPS) is 23.0. The van der Waals surface area contributed by atoms with Crippen molar-refractivity contribution >= 4 is 11.6 Å². The lowest BCUT2D eigenvalue weighted by atomic mass is 10.0. The molecule has 3 rings (SSSR count). The molecule has 0 aromatic heterocycles. The Kier molecular flexibility index (Phi) is 4.88. The standard InChI is InChI=1S/C17H19F3N4O2/c1-2-15(25)21-9-12-10-22(16-6-7-24(26)23(16)11-12)14-5-3-4-13(8-14)17(18,19)20/h2-5,8,12,16H,1,6-7,9-11H2/p+1. The van der Waals surface area contributed by atoms with Crippen LogP contribution < -0.4 is 10.2 Å². The number of benzene rings is 1. The Balaban J connectivity index is 1.85. The van der Waals surface area contributed by atoms with Crippen molar-refractivity contribution in [3.05, 3.63) is 47.4 Å². The van der Waals surface area contributed by atoms with Crippen molar-refractivity contribution in [2.24, 2.45) is 5.92 Å². The summed E-state index contributed by atoms with van der Waals surface area (Å²) in [5, 5.41) is 4.31. The molecule has 2 fully saturated rings. The number of amides is 1. The first-order chi connectivity index (χ1) is 12.3. The number of hydrazine groups is 1. The number of halogens is 3. The first kappa shape index (κ1) is 18.2. The Morgan fingerprint density at radius 2 is 2.15 bits per heavy atom. The van der Waals surface area contributed by atoms with Crippen LogP contribution in [-0.2, 0) is 11.0 Å². The Bertz CT molecular complexity index is 722. The number of carbonyl (C=O) groups excluding carboxylic acids is 1. The molecular weight excluding hydrogens is 349 g/mol. The molecule has 2 aliphatic rings. The maximum atomic E-state index is 13.0. The number of nitroso groups, excluding NO2 is 1. The topological polar surface area (TPSA) is 55.7 Å². The molecule has 1 N–H and O–H groups in total. The van der Waals surface area contributed by atoms with Crippen molar-refractivity contribution < 1.29 is 22.8 Å². The molecular formula is C17H20F3N4O2+. The number of nitrogens with one attached hydrogen (secondary N) is 1. The maximum absolute atomic E-state index is 13.0. The Morgan fingerprint density at radius 3 is 2.85 bits per heavy atom. The van der Waals surface area contributed by atoms with Gasteiger partial charge in [-0.2, -0.15) is 13.2 Å². The molecule has 140 valence electrons. The fraction of sp³-hybridized carbons (Fsp3) is 0.471. The van der Waals surface area contributed by atoms with E-state index in [0.29, 0.717) is 38.3 Å². The summed E-state index contributed by atoms with van der Waals surface area (Å²) in [4.78, 5) is 26.2. The molecule has 6 nitrogen and oxygen atoms in total. The van der Waals surface area contributed by atoms with Gasteiger partial charge in [0, 0.05) is 24.7 Å². The smallest absolute Gasteiger partial charge is 0.352 e. The largest absolute Gasteiger partial charge is 0.416 e. The minimum atomic E-state index is -4.43. The number of fused-ring (bicyclic) bond motifs is 1. The maximum Gasteiger partial charge on any atom is 0.416 e. The third-order valence-corrected chi connectivity index (χ3v) is 4.72. The van der Waals surface area contributed by atoms with Gasteiger partial charge in [0.25, 0.3) is 0 Å². The van der Waals surface area contributed by atoms with Gasteiger partial charge in [0.05, 0.1) is 23.4 Å². The number of alkyl halides is 3. The van der Waals surface area contributed by atoms with Crippen molar-refractivity contribution in [2.75, 3.05) is 31.1 Å². The van der Waals surface area contributed by atoms with Crippen LogP contribution >= 0.6 is 0 Å². The summed E-state index contributed by atoms with van der Waals surface area (Å²) in [6, 6.07) is 5.12. The first-order valence-corrected chi connectivity index (χ1v) is 8.35. The predicted molar refractivity (Wildman–Crippen MR) is 89.1 cm³/mol. The molecule has 26 heavy (non-hydrogen) atoms. The summed E-state index contributed by atoms with van der Waals surface area (Å²) in [5.74, 6) is -0.419. The van der Waals surface area contributed by atoms with Crippen molar-refractivity contribution in [1.29, 1.82) is 0 Å². The molecule has 0 radical (unpaired) electrons. The molecule has 2 aliphatic heterocycles. The van der Waals surface area contributed by atoms with E-state index >= 15 is 0 Å². The van der Waals surface area contributed by atoms with Gasteiger partial charge in [-0.05, 0) is 24.3 Å². The molecule has 0 bridgehead atoms. The second-order valence-electron chi connectivity index (χ2n) is 6.48. The van der Waals surface area contributed by atoms with Gasteiger partial charge in [-0.1, -0.05) is 12.6 Å². The number of rotatable bonds is 4. The van der Waals surface area contributed by atoms with Gasteiger partial charge in [0.1, 0.15) is 4.87 Å². The lowest BCUT2D eigenvalue weighted by Crippen LogP contribution is -2.57. The van der Waals surface area contributed by atoms with E-state index in [0.717, 1.165) is 23.1 Å². The van der Waals surface area contributed by atoms with Crippen LogP contribution in [0.5, 0.6) is 0 Å². The quantitative estimate of drug-likeness (QED) is 0.653. The van der Waals surface area contributed by atoms with Gasteiger partial charge in [-0.15, -0.1) is 5.01 Å². The number of hydrogen-bond acceptors (Lipinski definition) is 3. The molecule has 2 unspecified atom stereocenters. The zero-order chi connectivity index (χ0) is 18.9. The zero-order valence-corrected chi connectivity index (χ0v) is 14.1. The van der Waals surface area contributed by atoms with E-state index in [1.165, 1.54) is 6.07 Å². The van der Waals surface area contributed by atoms with Gasteiger partial charge < -0.3 is 10.2 Å². The summed E-state index contributed by atoms with van der Waals surface area (Å²) in [6.07, 6.45) is -3.00. The summed E-state index contributed by atoms with van der Waals surface area (Å²) in [7, 11) is 0. The second-order valence-corrected chi connectivity index (χ2v) is 6.48. The van der Waals surface area contributed by atoms with Crippen LogP contribution in [-0.4, -0.2) is 48.1 Å². The first-order valence-electron chi connectivity index (χ1n) is 8.35. The monoisotopic (exact) mass is 369 g/mol. The highest BCUT2D eigenvalue weighted by Gasteiger charge is 2.47. The lowest BCUT2D eigenvalue weighted by molar-refractivity contribution is -0.692. The third kappa shape index (κ3) is 3.66. The highest BCUT2D eigenvalue weighted by molar-refractivity contribution is 5.86. The van der Waals surface area contributed by atoms with Crippen molar-refractivity contribution in [1.82, 2.24) is 10.3 Å². The average Bonchev–Trinajstić information content (AvgIpc) is 2.99. The van der Waals surface area contributed by atoms with E-state index < -0.39 is 11.7 Å². The van der Waals surface area contributed by atoms with Crippen LogP contribution in [0.25, 0.3) is 0 Å². The van der Waals surface area contributed by atoms with Crippen LogP contribution in [0.3, 0.4) is 0 Å². The van der Waals surface area contributed by atoms with Gasteiger partial charge in [0.2, 0.25) is 12.5 Å². The van der Waals surface area contributed by atoms with E-state index in [9.17, 15) is 22.9 Å². The van der Waals surface area contributed by atoms with Crippen molar-refractivity contribution in [3.63, 3.8) is 0 Å². The number of anilines is 1. The molecule has 0 aliphatic carbocycles. The zero-order valence-electron chi connectivity index (χ0n) is 14.1. The second kappa shape index (κ2) is 6.97. The van der Waals surface area contributed by atoms with Gasteiger partial charge in [0.15, 0.2) is 6.17 Å². The predicted octanol–water partition coefficient (Wildman–Crippen LogP) is 2.17.